The lowest BCUT2D eigenvalue weighted by molar-refractivity contribution is 0.0744. The lowest BCUT2D eigenvalue weighted by Crippen LogP contribution is -2.49. The fraction of sp³-hybridized carbons (Fsp3) is 0.200. The molecule has 0 bridgehead atoms. The minimum atomic E-state index is -0.485. The van der Waals surface area contributed by atoms with E-state index in [1.54, 1.807) is 41.4 Å². The summed E-state index contributed by atoms with van der Waals surface area (Å²) in [5.41, 5.74) is 0.968. The monoisotopic (exact) mass is 379 g/mol. The van der Waals surface area contributed by atoms with Crippen LogP contribution in [0.5, 0.6) is 0 Å². The van der Waals surface area contributed by atoms with E-state index in [0.29, 0.717) is 37.7 Å². The van der Waals surface area contributed by atoms with Gasteiger partial charge in [0.05, 0.1) is 0 Å². The molecule has 1 N–H and O–H groups in total. The fourth-order valence-corrected chi connectivity index (χ4v) is 3.17. The van der Waals surface area contributed by atoms with Crippen LogP contribution in [0.3, 0.4) is 0 Å². The summed E-state index contributed by atoms with van der Waals surface area (Å²) >= 11 is 0. The first-order chi connectivity index (χ1) is 13.6. The maximum atomic E-state index is 13.1. The predicted octanol–water partition coefficient (Wildman–Crippen LogP) is 1.93. The van der Waals surface area contributed by atoms with E-state index in [2.05, 4.69) is 19.9 Å². The van der Waals surface area contributed by atoms with Crippen molar-refractivity contribution in [2.24, 2.45) is 0 Å². The lowest BCUT2D eigenvalue weighted by atomic mass is 10.2. The molecule has 1 aliphatic rings. The van der Waals surface area contributed by atoms with Crippen LogP contribution in [-0.2, 0) is 0 Å². The Morgan fingerprint density at radius 1 is 1.00 bits per heavy atom. The van der Waals surface area contributed by atoms with Gasteiger partial charge in [-0.05, 0) is 36.4 Å². The Kier molecular flexibility index (Phi) is 4.84. The number of nitrogens with one attached hydrogen (secondary N) is 1. The predicted molar refractivity (Wildman–Crippen MR) is 103 cm³/mol. The number of aromatic nitrogens is 3. The highest BCUT2D eigenvalue weighted by Crippen LogP contribution is 2.17. The molecule has 1 aromatic carbocycles. The molecular weight excluding hydrogens is 361 g/mol. The molecule has 7 nitrogen and oxygen atoms in total. The second kappa shape index (κ2) is 7.59. The van der Waals surface area contributed by atoms with Crippen molar-refractivity contribution >= 4 is 11.6 Å². The van der Waals surface area contributed by atoms with Crippen LogP contribution in [-0.4, -0.2) is 51.9 Å². The number of pyridine rings is 1. The Balaban J connectivity index is 1.45. The van der Waals surface area contributed by atoms with E-state index in [1.165, 1.54) is 18.3 Å². The molecule has 142 valence electrons. The third kappa shape index (κ3) is 3.62. The van der Waals surface area contributed by atoms with Gasteiger partial charge in [-0.15, -0.1) is 0 Å². The van der Waals surface area contributed by atoms with Crippen LogP contribution in [0, 0.1) is 5.82 Å². The number of carbonyl (C=O) groups is 1. The van der Waals surface area contributed by atoms with Gasteiger partial charge in [0.2, 0.25) is 0 Å². The summed E-state index contributed by atoms with van der Waals surface area (Å²) in [4.78, 5) is 39.8. The van der Waals surface area contributed by atoms with Crippen molar-refractivity contribution in [1.29, 1.82) is 0 Å². The van der Waals surface area contributed by atoms with Gasteiger partial charge in [0, 0.05) is 44.3 Å². The Hall–Kier alpha value is -3.55. The largest absolute Gasteiger partial charge is 0.368 e. The van der Waals surface area contributed by atoms with Crippen LogP contribution in [0.4, 0.5) is 10.1 Å². The van der Waals surface area contributed by atoms with Crippen LogP contribution in [0.2, 0.25) is 0 Å². The molecule has 1 saturated heterocycles. The van der Waals surface area contributed by atoms with Crippen molar-refractivity contribution in [2.75, 3.05) is 31.1 Å². The molecule has 0 unspecified atom stereocenters. The molecular formula is C20H18FN5O2. The molecule has 2 aromatic heterocycles. The molecule has 28 heavy (non-hydrogen) atoms. The molecule has 4 rings (SSSR count). The van der Waals surface area contributed by atoms with Gasteiger partial charge in [-0.3, -0.25) is 14.6 Å². The van der Waals surface area contributed by atoms with E-state index in [1.807, 2.05) is 0 Å². The highest BCUT2D eigenvalue weighted by Gasteiger charge is 2.24. The molecule has 1 amide bonds. The number of aromatic amines is 1. The van der Waals surface area contributed by atoms with E-state index in [0.717, 1.165) is 5.69 Å². The van der Waals surface area contributed by atoms with Crippen molar-refractivity contribution in [3.05, 3.63) is 76.6 Å². The van der Waals surface area contributed by atoms with Crippen molar-refractivity contribution in [3.63, 3.8) is 0 Å². The molecule has 3 heterocycles. The number of hydrogen-bond donors (Lipinski definition) is 1. The van der Waals surface area contributed by atoms with Crippen molar-refractivity contribution in [1.82, 2.24) is 19.9 Å². The van der Waals surface area contributed by atoms with E-state index in [9.17, 15) is 14.0 Å². The summed E-state index contributed by atoms with van der Waals surface area (Å²) in [6.07, 6.45) is 2.91. The lowest BCUT2D eigenvalue weighted by Gasteiger charge is -2.36. The third-order valence-electron chi connectivity index (χ3n) is 4.70. The van der Waals surface area contributed by atoms with E-state index < -0.39 is 5.56 Å². The minimum Gasteiger partial charge on any atom is -0.368 e. The normalized spacial score (nSPS) is 14.2. The second-order valence-electron chi connectivity index (χ2n) is 6.45. The van der Waals surface area contributed by atoms with Gasteiger partial charge in [0.1, 0.15) is 17.1 Å². The van der Waals surface area contributed by atoms with Gasteiger partial charge in [-0.25, -0.2) is 9.37 Å². The van der Waals surface area contributed by atoms with E-state index in [-0.39, 0.29) is 17.3 Å². The van der Waals surface area contributed by atoms with Crippen LogP contribution in [0.25, 0.3) is 11.5 Å². The van der Waals surface area contributed by atoms with E-state index >= 15 is 0 Å². The second-order valence-corrected chi connectivity index (χ2v) is 6.45. The molecule has 0 saturated carbocycles. The number of rotatable bonds is 3. The molecule has 3 aromatic rings. The van der Waals surface area contributed by atoms with E-state index in [4.69, 9.17) is 0 Å². The molecule has 0 spiro atoms. The van der Waals surface area contributed by atoms with Gasteiger partial charge >= 0.3 is 0 Å². The highest BCUT2D eigenvalue weighted by atomic mass is 19.1. The summed E-state index contributed by atoms with van der Waals surface area (Å²) in [6, 6.07) is 11.6. The van der Waals surface area contributed by atoms with Gasteiger partial charge < -0.3 is 14.8 Å². The maximum Gasteiger partial charge on any atom is 0.264 e. The van der Waals surface area contributed by atoms with Crippen LogP contribution >= 0.6 is 0 Å². The smallest absolute Gasteiger partial charge is 0.264 e. The molecule has 1 aliphatic heterocycles. The van der Waals surface area contributed by atoms with Gasteiger partial charge in [0.15, 0.2) is 5.82 Å². The topological polar surface area (TPSA) is 82.2 Å². The van der Waals surface area contributed by atoms with Crippen LogP contribution in [0.15, 0.2) is 59.7 Å². The number of halogens is 1. The number of anilines is 1. The number of nitrogens with zero attached hydrogens (tertiary/aromatic N) is 4. The first-order valence-corrected chi connectivity index (χ1v) is 8.92. The molecule has 1 fully saturated rings. The summed E-state index contributed by atoms with van der Waals surface area (Å²) < 4.78 is 13.1. The number of benzene rings is 1. The first kappa shape index (κ1) is 17.8. The number of piperazine rings is 1. The minimum absolute atomic E-state index is 0.00918. The quantitative estimate of drug-likeness (QED) is 0.752. The number of H-pyrrole nitrogens is 1. The number of amides is 1. The van der Waals surface area contributed by atoms with Crippen molar-refractivity contribution < 1.29 is 9.18 Å². The SMILES string of the molecule is O=C(c1cnc(-c2ccccn2)[nH]c1=O)N1CCN(c2ccc(F)cc2)CC1. The Labute approximate surface area is 160 Å². The first-order valence-electron chi connectivity index (χ1n) is 8.92. The van der Waals surface area contributed by atoms with Crippen LogP contribution < -0.4 is 10.5 Å². The molecule has 0 aliphatic carbocycles. The zero-order valence-electron chi connectivity index (χ0n) is 15.0. The fourth-order valence-electron chi connectivity index (χ4n) is 3.17. The zero-order valence-corrected chi connectivity index (χ0v) is 15.0. The Morgan fingerprint density at radius 2 is 1.75 bits per heavy atom. The number of carbonyl (C=O) groups excluding carboxylic acids is 1. The third-order valence-corrected chi connectivity index (χ3v) is 4.70. The van der Waals surface area contributed by atoms with Crippen molar-refractivity contribution in [2.45, 2.75) is 0 Å². The molecule has 0 atom stereocenters. The Bertz CT molecular complexity index is 1030. The zero-order chi connectivity index (χ0) is 19.5. The highest BCUT2D eigenvalue weighted by molar-refractivity contribution is 5.93. The van der Waals surface area contributed by atoms with Gasteiger partial charge in [-0.1, -0.05) is 6.07 Å². The summed E-state index contributed by atoms with van der Waals surface area (Å²) in [5.74, 6) is -0.304. The van der Waals surface area contributed by atoms with Gasteiger partial charge in [-0.2, -0.15) is 0 Å². The number of hydrogen-bond acceptors (Lipinski definition) is 5. The maximum absolute atomic E-state index is 13.1. The van der Waals surface area contributed by atoms with Gasteiger partial charge in [0.25, 0.3) is 11.5 Å². The summed E-state index contributed by atoms with van der Waals surface area (Å²) in [7, 11) is 0. The Morgan fingerprint density at radius 3 is 2.39 bits per heavy atom. The molecule has 0 radical (unpaired) electrons. The standard InChI is InChI=1S/C20H18FN5O2/c21-14-4-6-15(7-5-14)25-9-11-26(12-10-25)20(28)16-13-23-18(24-19(16)27)17-3-1-2-8-22-17/h1-8,13H,9-12H2,(H,23,24,27). The average Bonchev–Trinajstić information content (AvgIpc) is 2.74. The average molecular weight is 379 g/mol. The van der Waals surface area contributed by atoms with Crippen molar-refractivity contribution in [3.8, 4) is 11.5 Å². The summed E-state index contributed by atoms with van der Waals surface area (Å²) in [5, 5.41) is 0. The van der Waals surface area contributed by atoms with Crippen LogP contribution in [0.1, 0.15) is 10.4 Å². The summed E-state index contributed by atoms with van der Waals surface area (Å²) in [6.45, 7) is 2.15. The molecule has 8 heteroatoms.